The molecule has 0 radical (unpaired) electrons. The van der Waals surface area contributed by atoms with Gasteiger partial charge >= 0.3 is 0 Å². The number of hydrogen-bond acceptors (Lipinski definition) is 4. The summed E-state index contributed by atoms with van der Waals surface area (Å²) >= 11 is 3.32. The van der Waals surface area contributed by atoms with Gasteiger partial charge in [0.15, 0.2) is 0 Å². The number of benzene rings is 1. The number of hydrogen-bond donors (Lipinski definition) is 1. The molecule has 0 aliphatic rings. The van der Waals surface area contributed by atoms with Gasteiger partial charge < -0.3 is 10.3 Å². The molecule has 2 aromatic rings. The van der Waals surface area contributed by atoms with Crippen LogP contribution in [0.5, 0.6) is 0 Å². The molecule has 0 aliphatic heterocycles. The lowest BCUT2D eigenvalue weighted by molar-refractivity contribution is 0.325. The summed E-state index contributed by atoms with van der Waals surface area (Å²) in [5, 5.41) is 3.83. The van der Waals surface area contributed by atoms with E-state index in [0.717, 1.165) is 0 Å². The van der Waals surface area contributed by atoms with Gasteiger partial charge in [0.1, 0.15) is 5.82 Å². The summed E-state index contributed by atoms with van der Waals surface area (Å²) in [6, 6.07) is 3.98. The Morgan fingerprint density at radius 3 is 2.78 bits per heavy atom. The molecule has 0 bridgehead atoms. The van der Waals surface area contributed by atoms with E-state index in [9.17, 15) is 4.39 Å². The molecule has 96 valence electrons. The van der Waals surface area contributed by atoms with Crippen LogP contribution in [-0.4, -0.2) is 10.1 Å². The first kappa shape index (κ1) is 13.2. The van der Waals surface area contributed by atoms with Crippen molar-refractivity contribution >= 4 is 15.9 Å². The summed E-state index contributed by atoms with van der Waals surface area (Å²) in [7, 11) is 0. The van der Waals surface area contributed by atoms with Crippen molar-refractivity contribution in [3.05, 3.63) is 34.4 Å². The van der Waals surface area contributed by atoms with Crippen molar-refractivity contribution in [2.75, 3.05) is 0 Å². The van der Waals surface area contributed by atoms with Crippen molar-refractivity contribution in [2.24, 2.45) is 11.7 Å². The Balaban J connectivity index is 2.38. The Kier molecular flexibility index (Phi) is 3.77. The molecule has 0 spiro atoms. The van der Waals surface area contributed by atoms with Gasteiger partial charge in [-0.3, -0.25) is 0 Å². The summed E-state index contributed by atoms with van der Waals surface area (Å²) in [6.07, 6.45) is 0. The monoisotopic (exact) mass is 313 g/mol. The largest absolute Gasteiger partial charge is 0.337 e. The molecule has 1 aromatic carbocycles. The van der Waals surface area contributed by atoms with Crippen LogP contribution in [0.25, 0.3) is 11.4 Å². The second kappa shape index (κ2) is 5.16. The van der Waals surface area contributed by atoms with Gasteiger partial charge in [-0.1, -0.05) is 34.9 Å². The molecule has 0 amide bonds. The molecule has 2 N–H and O–H groups in total. The van der Waals surface area contributed by atoms with E-state index in [1.807, 2.05) is 13.8 Å². The van der Waals surface area contributed by atoms with E-state index in [1.165, 1.54) is 12.1 Å². The number of halogens is 2. The van der Waals surface area contributed by atoms with Crippen LogP contribution in [0, 0.1) is 11.7 Å². The Morgan fingerprint density at radius 2 is 2.11 bits per heavy atom. The predicted octanol–water partition coefficient (Wildman–Crippen LogP) is 3.29. The third-order valence-electron chi connectivity index (χ3n) is 2.61. The van der Waals surface area contributed by atoms with Crippen LogP contribution in [0.2, 0.25) is 0 Å². The highest BCUT2D eigenvalue weighted by atomic mass is 79.9. The van der Waals surface area contributed by atoms with Gasteiger partial charge in [0.25, 0.3) is 0 Å². The third-order valence-corrected chi connectivity index (χ3v) is 3.31. The maximum Gasteiger partial charge on any atom is 0.244 e. The molecule has 0 saturated carbocycles. The summed E-state index contributed by atoms with van der Waals surface area (Å²) in [4.78, 5) is 4.20. The molecule has 0 saturated heterocycles. The smallest absolute Gasteiger partial charge is 0.244 e. The van der Waals surface area contributed by atoms with E-state index >= 15 is 0 Å². The highest BCUT2D eigenvalue weighted by molar-refractivity contribution is 9.10. The van der Waals surface area contributed by atoms with Gasteiger partial charge in [-0.15, -0.1) is 0 Å². The average Bonchev–Trinajstić information content (AvgIpc) is 2.80. The van der Waals surface area contributed by atoms with Crippen molar-refractivity contribution < 1.29 is 8.91 Å². The third kappa shape index (κ3) is 2.59. The summed E-state index contributed by atoms with van der Waals surface area (Å²) in [5.74, 6) is 0.519. The lowest BCUT2D eigenvalue weighted by atomic mass is 10.1. The Morgan fingerprint density at radius 1 is 1.39 bits per heavy atom. The first-order valence-electron chi connectivity index (χ1n) is 5.53. The molecule has 1 atom stereocenters. The minimum atomic E-state index is -0.354. The van der Waals surface area contributed by atoms with Crippen LogP contribution in [-0.2, 0) is 0 Å². The molecule has 6 heteroatoms. The highest BCUT2D eigenvalue weighted by Gasteiger charge is 2.19. The second-order valence-corrected chi connectivity index (χ2v) is 5.20. The summed E-state index contributed by atoms with van der Waals surface area (Å²) in [5.41, 5.74) is 6.46. The van der Waals surface area contributed by atoms with Crippen LogP contribution in [0.1, 0.15) is 25.8 Å². The van der Waals surface area contributed by atoms with Gasteiger partial charge in [-0.05, 0) is 24.1 Å². The van der Waals surface area contributed by atoms with Gasteiger partial charge in [0.2, 0.25) is 11.7 Å². The van der Waals surface area contributed by atoms with Crippen LogP contribution < -0.4 is 5.73 Å². The van der Waals surface area contributed by atoms with Crippen LogP contribution in [0.4, 0.5) is 4.39 Å². The summed E-state index contributed by atoms with van der Waals surface area (Å²) in [6.45, 7) is 3.93. The Bertz CT molecular complexity index is 556. The predicted molar refractivity (Wildman–Crippen MR) is 69.2 cm³/mol. The zero-order valence-corrected chi connectivity index (χ0v) is 11.6. The van der Waals surface area contributed by atoms with Crippen molar-refractivity contribution in [3.63, 3.8) is 0 Å². The van der Waals surface area contributed by atoms with Gasteiger partial charge in [0, 0.05) is 10.0 Å². The molecule has 1 heterocycles. The maximum atomic E-state index is 13.2. The first-order valence-corrected chi connectivity index (χ1v) is 6.33. The molecule has 0 aliphatic carbocycles. The lowest BCUT2D eigenvalue weighted by Gasteiger charge is -2.09. The number of nitrogens with two attached hydrogens (primary N) is 1. The van der Waals surface area contributed by atoms with Crippen LogP contribution in [0.15, 0.2) is 27.2 Å². The molecule has 4 nitrogen and oxygen atoms in total. The first-order chi connectivity index (χ1) is 8.49. The SMILES string of the molecule is CC(C)C(N)c1nc(-c2cc(F)ccc2Br)no1. The summed E-state index contributed by atoms with van der Waals surface area (Å²) < 4.78 is 19.0. The Labute approximate surface area is 113 Å². The molecular formula is C12H13BrFN3O. The lowest BCUT2D eigenvalue weighted by Crippen LogP contribution is -2.16. The van der Waals surface area contributed by atoms with E-state index in [-0.39, 0.29) is 17.8 Å². The van der Waals surface area contributed by atoms with Crippen LogP contribution >= 0.6 is 15.9 Å². The normalized spacial score (nSPS) is 13.0. The molecule has 1 aromatic heterocycles. The molecule has 2 rings (SSSR count). The fraction of sp³-hybridized carbons (Fsp3) is 0.333. The fourth-order valence-corrected chi connectivity index (χ4v) is 1.86. The van der Waals surface area contributed by atoms with Crippen LogP contribution in [0.3, 0.4) is 0 Å². The van der Waals surface area contributed by atoms with Crippen molar-refractivity contribution in [1.82, 2.24) is 10.1 Å². The zero-order valence-electron chi connectivity index (χ0n) is 10.0. The standard InChI is InChI=1S/C12H13BrFN3O/c1-6(2)10(15)12-16-11(17-18-12)8-5-7(14)3-4-9(8)13/h3-6,10H,15H2,1-2H3. The van der Waals surface area contributed by atoms with E-state index in [4.69, 9.17) is 10.3 Å². The van der Waals surface area contributed by atoms with E-state index in [1.54, 1.807) is 6.07 Å². The molecule has 18 heavy (non-hydrogen) atoms. The molecule has 0 fully saturated rings. The topological polar surface area (TPSA) is 64.9 Å². The minimum absolute atomic E-state index is 0.189. The quantitative estimate of drug-likeness (QED) is 0.944. The average molecular weight is 314 g/mol. The Hall–Kier alpha value is -1.27. The van der Waals surface area contributed by atoms with Crippen molar-refractivity contribution in [1.29, 1.82) is 0 Å². The molecular weight excluding hydrogens is 301 g/mol. The van der Waals surface area contributed by atoms with Gasteiger partial charge in [0.05, 0.1) is 6.04 Å². The van der Waals surface area contributed by atoms with Crippen molar-refractivity contribution in [2.45, 2.75) is 19.9 Å². The van der Waals surface area contributed by atoms with E-state index in [2.05, 4.69) is 26.1 Å². The zero-order chi connectivity index (χ0) is 13.3. The maximum absolute atomic E-state index is 13.2. The highest BCUT2D eigenvalue weighted by Crippen LogP contribution is 2.28. The van der Waals surface area contributed by atoms with Gasteiger partial charge in [-0.2, -0.15) is 4.98 Å². The van der Waals surface area contributed by atoms with Gasteiger partial charge in [-0.25, -0.2) is 4.39 Å². The van der Waals surface area contributed by atoms with E-state index < -0.39 is 0 Å². The van der Waals surface area contributed by atoms with E-state index in [0.29, 0.717) is 21.8 Å². The fourth-order valence-electron chi connectivity index (χ4n) is 1.43. The number of aromatic nitrogens is 2. The molecule has 1 unspecified atom stereocenters. The second-order valence-electron chi connectivity index (χ2n) is 4.35. The number of nitrogens with zero attached hydrogens (tertiary/aromatic N) is 2. The number of rotatable bonds is 3. The minimum Gasteiger partial charge on any atom is -0.337 e. The van der Waals surface area contributed by atoms with Crippen molar-refractivity contribution in [3.8, 4) is 11.4 Å².